The van der Waals surface area contributed by atoms with E-state index in [1.165, 1.54) is 0 Å². The van der Waals surface area contributed by atoms with E-state index in [2.05, 4.69) is 5.32 Å². The minimum absolute atomic E-state index is 0.550. The lowest BCUT2D eigenvalue weighted by Gasteiger charge is -2.18. The highest BCUT2D eigenvalue weighted by molar-refractivity contribution is 6.59. The fraction of sp³-hybridized carbons (Fsp3) is 0.200. The molecular weight excluding hydrogens is 177 g/mol. The van der Waals surface area contributed by atoms with Gasteiger partial charge in [-0.3, -0.25) is 0 Å². The minimum atomic E-state index is -1.41. The van der Waals surface area contributed by atoms with Crippen molar-refractivity contribution in [2.45, 2.75) is 6.92 Å². The van der Waals surface area contributed by atoms with Crippen molar-refractivity contribution in [2.24, 2.45) is 0 Å². The van der Waals surface area contributed by atoms with Gasteiger partial charge in [0.25, 0.3) is 0 Å². The summed E-state index contributed by atoms with van der Waals surface area (Å²) < 4.78 is 0. The summed E-state index contributed by atoms with van der Waals surface area (Å²) in [5.41, 5.74) is 3.55. The van der Waals surface area contributed by atoms with Crippen LogP contribution in [0.5, 0.6) is 0 Å². The Labute approximate surface area is 83.2 Å². The molecule has 0 unspecified atom stereocenters. The van der Waals surface area contributed by atoms with Gasteiger partial charge in [0.1, 0.15) is 0 Å². The standard InChI is InChI=1S/C10H12BNO2/c1-7-4-5-9(11(13)14)8-3-2-6-12-10(7)8/h2-5,12-14H,6H2,1H3. The molecule has 4 heteroatoms. The zero-order chi connectivity index (χ0) is 10.1. The summed E-state index contributed by atoms with van der Waals surface area (Å²) in [6.45, 7) is 2.79. The Morgan fingerprint density at radius 1 is 1.36 bits per heavy atom. The van der Waals surface area contributed by atoms with E-state index in [4.69, 9.17) is 10.0 Å². The van der Waals surface area contributed by atoms with E-state index in [0.717, 1.165) is 23.4 Å². The molecule has 0 saturated carbocycles. The molecule has 0 spiro atoms. The van der Waals surface area contributed by atoms with Crippen molar-refractivity contribution in [3.05, 3.63) is 29.3 Å². The Hall–Kier alpha value is -1.26. The fourth-order valence-electron chi connectivity index (χ4n) is 1.72. The molecule has 0 radical (unpaired) electrons. The summed E-state index contributed by atoms with van der Waals surface area (Å²) in [6.07, 6.45) is 3.89. The Morgan fingerprint density at radius 2 is 2.14 bits per heavy atom. The van der Waals surface area contributed by atoms with E-state index in [9.17, 15) is 0 Å². The number of rotatable bonds is 1. The number of hydrogen-bond acceptors (Lipinski definition) is 3. The Kier molecular flexibility index (Phi) is 2.31. The molecule has 0 atom stereocenters. The second-order valence-corrected chi connectivity index (χ2v) is 3.42. The quantitative estimate of drug-likeness (QED) is 0.549. The normalized spacial score (nSPS) is 13.4. The molecule has 1 aromatic rings. The van der Waals surface area contributed by atoms with Crippen molar-refractivity contribution >= 4 is 24.3 Å². The van der Waals surface area contributed by atoms with Gasteiger partial charge in [0.2, 0.25) is 0 Å². The molecule has 0 aliphatic carbocycles. The fourth-order valence-corrected chi connectivity index (χ4v) is 1.72. The van der Waals surface area contributed by atoms with E-state index in [1.807, 2.05) is 25.1 Å². The molecule has 2 rings (SSSR count). The third-order valence-corrected chi connectivity index (χ3v) is 2.45. The van der Waals surface area contributed by atoms with Crippen molar-refractivity contribution in [1.82, 2.24) is 0 Å². The predicted octanol–water partition coefficient (Wildman–Crippen LogP) is 0.114. The second kappa shape index (κ2) is 3.48. The zero-order valence-electron chi connectivity index (χ0n) is 7.99. The summed E-state index contributed by atoms with van der Waals surface area (Å²) in [6, 6.07) is 3.63. The van der Waals surface area contributed by atoms with Crippen LogP contribution in [-0.2, 0) is 0 Å². The average molecular weight is 189 g/mol. The van der Waals surface area contributed by atoms with Crippen molar-refractivity contribution in [1.29, 1.82) is 0 Å². The monoisotopic (exact) mass is 189 g/mol. The Balaban J connectivity index is 2.61. The van der Waals surface area contributed by atoms with Gasteiger partial charge in [-0.05, 0) is 23.5 Å². The van der Waals surface area contributed by atoms with Crippen LogP contribution in [0.4, 0.5) is 5.69 Å². The highest BCUT2D eigenvalue weighted by atomic mass is 16.4. The SMILES string of the molecule is Cc1ccc(B(O)O)c2c1NCC=C2. The van der Waals surface area contributed by atoms with Gasteiger partial charge in [0.05, 0.1) is 0 Å². The maximum atomic E-state index is 9.16. The molecule has 1 aliphatic rings. The third kappa shape index (κ3) is 1.43. The van der Waals surface area contributed by atoms with E-state index in [-0.39, 0.29) is 0 Å². The lowest BCUT2D eigenvalue weighted by atomic mass is 9.75. The van der Waals surface area contributed by atoms with Crippen LogP contribution in [0.1, 0.15) is 11.1 Å². The molecular formula is C10H12BNO2. The van der Waals surface area contributed by atoms with E-state index in [0.29, 0.717) is 5.46 Å². The van der Waals surface area contributed by atoms with Crippen molar-refractivity contribution in [3.8, 4) is 0 Å². The van der Waals surface area contributed by atoms with Crippen LogP contribution >= 0.6 is 0 Å². The molecule has 1 aliphatic heterocycles. The highest BCUT2D eigenvalue weighted by Gasteiger charge is 2.19. The van der Waals surface area contributed by atoms with Gasteiger partial charge in [-0.25, -0.2) is 0 Å². The lowest BCUT2D eigenvalue weighted by molar-refractivity contribution is 0.425. The molecule has 0 fully saturated rings. The van der Waals surface area contributed by atoms with Gasteiger partial charge in [0.15, 0.2) is 0 Å². The summed E-state index contributed by atoms with van der Waals surface area (Å²) in [7, 11) is -1.41. The smallest absolute Gasteiger partial charge is 0.423 e. The van der Waals surface area contributed by atoms with Crippen LogP contribution in [-0.4, -0.2) is 23.7 Å². The summed E-state index contributed by atoms with van der Waals surface area (Å²) in [5, 5.41) is 21.5. The largest absolute Gasteiger partial charge is 0.489 e. The average Bonchev–Trinajstić information content (AvgIpc) is 2.18. The van der Waals surface area contributed by atoms with Gasteiger partial charge in [-0.1, -0.05) is 24.3 Å². The maximum Gasteiger partial charge on any atom is 0.489 e. The molecule has 0 bridgehead atoms. The molecule has 14 heavy (non-hydrogen) atoms. The van der Waals surface area contributed by atoms with Crippen molar-refractivity contribution < 1.29 is 10.0 Å². The highest BCUT2D eigenvalue weighted by Crippen LogP contribution is 2.23. The van der Waals surface area contributed by atoms with Crippen LogP contribution in [0.3, 0.4) is 0 Å². The number of aryl methyl sites for hydroxylation is 1. The van der Waals surface area contributed by atoms with Crippen LogP contribution < -0.4 is 10.8 Å². The van der Waals surface area contributed by atoms with Gasteiger partial charge in [0, 0.05) is 12.2 Å². The first-order valence-electron chi connectivity index (χ1n) is 4.60. The summed E-state index contributed by atoms with van der Waals surface area (Å²) in [4.78, 5) is 0. The van der Waals surface area contributed by atoms with E-state index in [1.54, 1.807) is 6.07 Å². The summed E-state index contributed by atoms with van der Waals surface area (Å²) in [5.74, 6) is 0. The first-order chi connectivity index (χ1) is 6.70. The van der Waals surface area contributed by atoms with E-state index < -0.39 is 7.12 Å². The molecule has 0 aromatic heterocycles. The topological polar surface area (TPSA) is 52.5 Å². The zero-order valence-corrected chi connectivity index (χ0v) is 7.99. The first kappa shape index (κ1) is 9.31. The molecule has 0 amide bonds. The third-order valence-electron chi connectivity index (χ3n) is 2.45. The van der Waals surface area contributed by atoms with Gasteiger partial charge < -0.3 is 15.4 Å². The molecule has 1 heterocycles. The minimum Gasteiger partial charge on any atom is -0.423 e. The number of fused-ring (bicyclic) bond motifs is 1. The van der Waals surface area contributed by atoms with Crippen LogP contribution in [0.2, 0.25) is 0 Å². The molecule has 1 aromatic carbocycles. The van der Waals surface area contributed by atoms with Crippen LogP contribution in [0.15, 0.2) is 18.2 Å². The molecule has 3 N–H and O–H groups in total. The number of hydrogen-bond donors (Lipinski definition) is 3. The Morgan fingerprint density at radius 3 is 2.86 bits per heavy atom. The van der Waals surface area contributed by atoms with E-state index >= 15 is 0 Å². The maximum absolute atomic E-state index is 9.16. The molecule has 3 nitrogen and oxygen atoms in total. The van der Waals surface area contributed by atoms with Crippen molar-refractivity contribution in [2.75, 3.05) is 11.9 Å². The van der Waals surface area contributed by atoms with Gasteiger partial charge >= 0.3 is 7.12 Å². The lowest BCUT2D eigenvalue weighted by Crippen LogP contribution is -2.33. The number of nitrogens with one attached hydrogen (secondary N) is 1. The number of anilines is 1. The van der Waals surface area contributed by atoms with Crippen LogP contribution in [0, 0.1) is 6.92 Å². The summed E-state index contributed by atoms with van der Waals surface area (Å²) >= 11 is 0. The molecule has 72 valence electrons. The first-order valence-corrected chi connectivity index (χ1v) is 4.60. The van der Waals surface area contributed by atoms with Crippen molar-refractivity contribution in [3.63, 3.8) is 0 Å². The number of benzene rings is 1. The van der Waals surface area contributed by atoms with Gasteiger partial charge in [-0.2, -0.15) is 0 Å². The molecule has 0 saturated heterocycles. The predicted molar refractivity (Wildman–Crippen MR) is 58.5 cm³/mol. The second-order valence-electron chi connectivity index (χ2n) is 3.42. The Bertz CT molecular complexity index is 388. The van der Waals surface area contributed by atoms with Crippen LogP contribution in [0.25, 0.3) is 6.08 Å². The van der Waals surface area contributed by atoms with Gasteiger partial charge in [-0.15, -0.1) is 0 Å².